The highest BCUT2D eigenvalue weighted by Crippen LogP contribution is 2.23. The Labute approximate surface area is 105 Å². The third-order valence-electron chi connectivity index (χ3n) is 2.89. The molecule has 0 saturated heterocycles. The van der Waals surface area contributed by atoms with Crippen LogP contribution in [0.25, 0.3) is 10.9 Å². The lowest BCUT2D eigenvalue weighted by Gasteiger charge is -2.04. The van der Waals surface area contributed by atoms with E-state index in [0.29, 0.717) is 6.61 Å². The van der Waals surface area contributed by atoms with Gasteiger partial charge in [0.1, 0.15) is 18.1 Å². The average Bonchev–Trinajstić information content (AvgIpc) is 2.80. The minimum Gasteiger partial charge on any atom is -0.508 e. The van der Waals surface area contributed by atoms with Crippen LogP contribution >= 0.6 is 0 Å². The Morgan fingerprint density at radius 2 is 1.89 bits per heavy atom. The van der Waals surface area contributed by atoms with Crippen molar-refractivity contribution in [2.24, 2.45) is 0 Å². The lowest BCUT2D eigenvalue weighted by Crippen LogP contribution is -1.93. The van der Waals surface area contributed by atoms with Gasteiger partial charge < -0.3 is 14.8 Å². The molecule has 0 atom stereocenters. The van der Waals surface area contributed by atoms with E-state index >= 15 is 0 Å². The Morgan fingerprint density at radius 1 is 1.06 bits per heavy atom. The molecule has 2 N–H and O–H groups in total. The molecule has 3 nitrogen and oxygen atoms in total. The van der Waals surface area contributed by atoms with Gasteiger partial charge in [-0.1, -0.05) is 18.2 Å². The van der Waals surface area contributed by atoms with E-state index in [1.807, 2.05) is 42.6 Å². The molecule has 90 valence electrons. The zero-order chi connectivity index (χ0) is 12.4. The Morgan fingerprint density at radius 3 is 2.72 bits per heavy atom. The summed E-state index contributed by atoms with van der Waals surface area (Å²) >= 11 is 0. The number of fused-ring (bicyclic) bond motifs is 1. The second-order valence-electron chi connectivity index (χ2n) is 4.15. The van der Waals surface area contributed by atoms with Crippen LogP contribution in [0.5, 0.6) is 11.5 Å². The fourth-order valence-corrected chi connectivity index (χ4v) is 1.97. The van der Waals surface area contributed by atoms with Gasteiger partial charge >= 0.3 is 0 Å². The molecule has 3 heteroatoms. The molecule has 0 spiro atoms. The molecule has 0 aliphatic heterocycles. The number of hydrogen-bond acceptors (Lipinski definition) is 2. The van der Waals surface area contributed by atoms with Crippen molar-refractivity contribution >= 4 is 10.9 Å². The van der Waals surface area contributed by atoms with E-state index < -0.39 is 0 Å². The highest BCUT2D eigenvalue weighted by molar-refractivity contribution is 5.84. The number of nitrogens with one attached hydrogen (secondary N) is 1. The van der Waals surface area contributed by atoms with Gasteiger partial charge in [-0.05, 0) is 24.3 Å². The van der Waals surface area contributed by atoms with Gasteiger partial charge in [0, 0.05) is 28.7 Å². The van der Waals surface area contributed by atoms with Crippen LogP contribution in [0.1, 0.15) is 5.56 Å². The summed E-state index contributed by atoms with van der Waals surface area (Å²) in [7, 11) is 0. The number of phenolic OH excluding ortho intramolecular Hbond substituents is 1. The van der Waals surface area contributed by atoms with Gasteiger partial charge in [-0.2, -0.15) is 0 Å². The van der Waals surface area contributed by atoms with Crippen molar-refractivity contribution in [1.82, 2.24) is 4.98 Å². The number of hydrogen-bond donors (Lipinski definition) is 2. The van der Waals surface area contributed by atoms with Crippen LogP contribution in [-0.4, -0.2) is 10.1 Å². The number of rotatable bonds is 3. The summed E-state index contributed by atoms with van der Waals surface area (Å²) in [6.07, 6.45) is 1.91. The van der Waals surface area contributed by atoms with Crippen molar-refractivity contribution in [3.8, 4) is 11.5 Å². The van der Waals surface area contributed by atoms with Gasteiger partial charge in [-0.3, -0.25) is 0 Å². The fraction of sp³-hybridized carbons (Fsp3) is 0.0667. The van der Waals surface area contributed by atoms with Crippen LogP contribution in [0.2, 0.25) is 0 Å². The van der Waals surface area contributed by atoms with Crippen LogP contribution in [0.4, 0.5) is 0 Å². The van der Waals surface area contributed by atoms with E-state index in [2.05, 4.69) is 4.98 Å². The summed E-state index contributed by atoms with van der Waals surface area (Å²) in [5.41, 5.74) is 2.00. The second-order valence-corrected chi connectivity index (χ2v) is 4.15. The topological polar surface area (TPSA) is 45.2 Å². The molecule has 0 radical (unpaired) electrons. The van der Waals surface area contributed by atoms with E-state index in [1.165, 1.54) is 0 Å². The molecule has 2 aromatic carbocycles. The van der Waals surface area contributed by atoms with E-state index in [-0.39, 0.29) is 5.75 Å². The third kappa shape index (κ3) is 2.02. The zero-order valence-corrected chi connectivity index (χ0v) is 9.76. The van der Waals surface area contributed by atoms with Crippen molar-refractivity contribution in [3.05, 3.63) is 60.3 Å². The van der Waals surface area contributed by atoms with E-state index in [4.69, 9.17) is 4.74 Å². The Bertz CT molecular complexity index is 659. The number of phenols is 1. The standard InChI is InChI=1S/C15H13NO2/c17-12-6-7-14-11(9-16-15(14)8-12)10-18-13-4-2-1-3-5-13/h1-9,16-17H,10H2. The Hall–Kier alpha value is -2.42. The molecule has 1 heterocycles. The molecule has 0 saturated carbocycles. The molecule has 3 aromatic rings. The quantitative estimate of drug-likeness (QED) is 0.735. The first-order valence-corrected chi connectivity index (χ1v) is 5.80. The predicted octanol–water partition coefficient (Wildman–Crippen LogP) is 3.45. The van der Waals surface area contributed by atoms with E-state index in [9.17, 15) is 5.11 Å². The predicted molar refractivity (Wildman–Crippen MR) is 70.7 cm³/mol. The van der Waals surface area contributed by atoms with Crippen LogP contribution in [0, 0.1) is 0 Å². The van der Waals surface area contributed by atoms with Gasteiger partial charge in [-0.15, -0.1) is 0 Å². The van der Waals surface area contributed by atoms with Gasteiger partial charge in [-0.25, -0.2) is 0 Å². The summed E-state index contributed by atoms with van der Waals surface area (Å²) in [6, 6.07) is 15.0. The molecule has 18 heavy (non-hydrogen) atoms. The lowest BCUT2D eigenvalue weighted by atomic mass is 10.2. The van der Waals surface area contributed by atoms with Crippen LogP contribution < -0.4 is 4.74 Å². The summed E-state index contributed by atoms with van der Waals surface area (Å²) in [5.74, 6) is 1.12. The molecule has 0 unspecified atom stereocenters. The van der Waals surface area contributed by atoms with Crippen molar-refractivity contribution in [2.45, 2.75) is 6.61 Å². The van der Waals surface area contributed by atoms with Crippen LogP contribution in [0.15, 0.2) is 54.7 Å². The minimum atomic E-state index is 0.264. The first-order chi connectivity index (χ1) is 8.83. The summed E-state index contributed by atoms with van der Waals surface area (Å²) in [4.78, 5) is 3.13. The van der Waals surface area contributed by atoms with Gasteiger partial charge in [0.15, 0.2) is 0 Å². The summed E-state index contributed by atoms with van der Waals surface area (Å²) in [5, 5.41) is 10.5. The molecule has 0 aliphatic rings. The number of benzene rings is 2. The molecule has 0 bridgehead atoms. The largest absolute Gasteiger partial charge is 0.508 e. The normalized spacial score (nSPS) is 10.7. The number of aromatic hydroxyl groups is 1. The second kappa shape index (κ2) is 4.45. The summed E-state index contributed by atoms with van der Waals surface area (Å²) < 4.78 is 5.71. The number of H-pyrrole nitrogens is 1. The highest BCUT2D eigenvalue weighted by Gasteiger charge is 2.04. The molecule has 1 aromatic heterocycles. The van der Waals surface area contributed by atoms with E-state index in [0.717, 1.165) is 22.2 Å². The van der Waals surface area contributed by atoms with Crippen molar-refractivity contribution in [1.29, 1.82) is 0 Å². The molecule has 0 amide bonds. The van der Waals surface area contributed by atoms with Crippen LogP contribution in [-0.2, 0) is 6.61 Å². The maximum absolute atomic E-state index is 9.40. The average molecular weight is 239 g/mol. The van der Waals surface area contributed by atoms with Crippen LogP contribution in [0.3, 0.4) is 0 Å². The van der Waals surface area contributed by atoms with Gasteiger partial charge in [0.05, 0.1) is 0 Å². The molecular formula is C15H13NO2. The molecule has 0 aliphatic carbocycles. The maximum Gasteiger partial charge on any atom is 0.119 e. The first-order valence-electron chi connectivity index (χ1n) is 5.80. The Balaban J connectivity index is 1.83. The number of ether oxygens (including phenoxy) is 1. The molecular weight excluding hydrogens is 226 g/mol. The monoisotopic (exact) mass is 239 g/mol. The number of aromatic amines is 1. The number of aromatic nitrogens is 1. The minimum absolute atomic E-state index is 0.264. The van der Waals surface area contributed by atoms with Crippen molar-refractivity contribution in [3.63, 3.8) is 0 Å². The van der Waals surface area contributed by atoms with Crippen molar-refractivity contribution < 1.29 is 9.84 Å². The summed E-state index contributed by atoms with van der Waals surface area (Å²) in [6.45, 7) is 0.509. The van der Waals surface area contributed by atoms with Gasteiger partial charge in [0.2, 0.25) is 0 Å². The lowest BCUT2D eigenvalue weighted by molar-refractivity contribution is 0.307. The molecule has 3 rings (SSSR count). The smallest absolute Gasteiger partial charge is 0.119 e. The van der Waals surface area contributed by atoms with Crippen molar-refractivity contribution in [2.75, 3.05) is 0 Å². The molecule has 0 fully saturated rings. The maximum atomic E-state index is 9.40. The highest BCUT2D eigenvalue weighted by atomic mass is 16.5. The first kappa shape index (κ1) is 10.7. The Kier molecular flexibility index (Phi) is 2.65. The van der Waals surface area contributed by atoms with Gasteiger partial charge in [0.25, 0.3) is 0 Å². The van der Waals surface area contributed by atoms with E-state index in [1.54, 1.807) is 12.1 Å². The fourth-order valence-electron chi connectivity index (χ4n) is 1.97. The SMILES string of the molecule is Oc1ccc2c(COc3ccccc3)c[nH]c2c1. The third-order valence-corrected chi connectivity index (χ3v) is 2.89. The zero-order valence-electron chi connectivity index (χ0n) is 9.76. The number of para-hydroxylation sites is 1.